The molecule has 19 heavy (non-hydrogen) atoms. The molecule has 106 valence electrons. The molecule has 0 aliphatic heterocycles. The fourth-order valence-electron chi connectivity index (χ4n) is 2.04. The van der Waals surface area contributed by atoms with Gasteiger partial charge in [-0.15, -0.1) is 0 Å². The van der Waals surface area contributed by atoms with Gasteiger partial charge in [-0.1, -0.05) is 11.6 Å². The van der Waals surface area contributed by atoms with Crippen LogP contribution in [-0.2, 0) is 9.84 Å². The van der Waals surface area contributed by atoms with Crippen LogP contribution in [0.3, 0.4) is 0 Å². The van der Waals surface area contributed by atoms with Crippen molar-refractivity contribution in [2.75, 3.05) is 25.4 Å². The van der Waals surface area contributed by atoms with Gasteiger partial charge in [-0.25, -0.2) is 8.42 Å². The minimum Gasteiger partial charge on any atom is -0.395 e. The maximum atomic E-state index is 12.2. The number of rotatable bonds is 7. The number of hydrogen-bond donors (Lipinski definition) is 1. The van der Waals surface area contributed by atoms with E-state index in [1.807, 2.05) is 4.90 Å². The Hall–Kier alpha value is -0.620. The molecule has 1 saturated carbocycles. The van der Waals surface area contributed by atoms with E-state index in [0.29, 0.717) is 29.0 Å². The van der Waals surface area contributed by atoms with Crippen molar-refractivity contribution in [2.24, 2.45) is 0 Å². The summed E-state index contributed by atoms with van der Waals surface area (Å²) in [5.74, 6) is 0.0745. The van der Waals surface area contributed by atoms with E-state index in [2.05, 4.69) is 0 Å². The van der Waals surface area contributed by atoms with Crippen LogP contribution >= 0.6 is 11.6 Å². The smallest absolute Gasteiger partial charge is 0.179 e. The van der Waals surface area contributed by atoms with E-state index in [1.54, 1.807) is 12.1 Å². The Balaban J connectivity index is 1.98. The summed E-state index contributed by atoms with van der Waals surface area (Å²) in [4.78, 5) is 2.35. The van der Waals surface area contributed by atoms with Crippen LogP contribution in [0.2, 0.25) is 5.02 Å². The van der Waals surface area contributed by atoms with Crippen molar-refractivity contribution in [3.63, 3.8) is 0 Å². The fraction of sp³-hybridized carbons (Fsp3) is 0.538. The molecule has 0 amide bonds. The van der Waals surface area contributed by atoms with Gasteiger partial charge in [-0.3, -0.25) is 4.90 Å². The van der Waals surface area contributed by atoms with E-state index in [1.165, 1.54) is 12.1 Å². The summed E-state index contributed by atoms with van der Waals surface area (Å²) >= 11 is 5.75. The number of aliphatic hydroxyl groups is 1. The van der Waals surface area contributed by atoms with E-state index in [4.69, 9.17) is 16.7 Å². The molecule has 0 unspecified atom stereocenters. The molecule has 1 aliphatic rings. The van der Waals surface area contributed by atoms with Gasteiger partial charge in [0.25, 0.3) is 0 Å². The standard InChI is InChI=1S/C13H18ClNO3S/c14-11-1-5-13(6-2-11)19(17,18)10-8-15(7-9-16)12-3-4-12/h1-2,5-6,12,16H,3-4,7-10H2. The third-order valence-corrected chi connectivity index (χ3v) is 5.23. The molecule has 0 aromatic heterocycles. The first-order chi connectivity index (χ1) is 9.03. The zero-order chi connectivity index (χ0) is 13.9. The second-order valence-corrected chi connectivity index (χ2v) is 7.31. The second-order valence-electron chi connectivity index (χ2n) is 4.76. The van der Waals surface area contributed by atoms with Gasteiger partial charge in [0.05, 0.1) is 17.3 Å². The molecule has 1 aliphatic carbocycles. The van der Waals surface area contributed by atoms with E-state index < -0.39 is 9.84 Å². The van der Waals surface area contributed by atoms with Gasteiger partial charge in [0.1, 0.15) is 0 Å². The normalized spacial score (nSPS) is 15.9. The van der Waals surface area contributed by atoms with Crippen LogP contribution in [0.25, 0.3) is 0 Å². The van der Waals surface area contributed by atoms with Crippen LogP contribution in [-0.4, -0.2) is 49.9 Å². The molecule has 1 N–H and O–H groups in total. The SMILES string of the molecule is O=S(=O)(CCN(CCO)C1CC1)c1ccc(Cl)cc1. The van der Waals surface area contributed by atoms with E-state index in [0.717, 1.165) is 12.8 Å². The summed E-state index contributed by atoms with van der Waals surface area (Å²) in [5, 5.41) is 9.51. The summed E-state index contributed by atoms with van der Waals surface area (Å²) in [6.45, 7) is 1.08. The summed E-state index contributed by atoms with van der Waals surface area (Å²) in [6, 6.07) is 6.69. The number of nitrogens with zero attached hydrogens (tertiary/aromatic N) is 1. The van der Waals surface area contributed by atoms with Gasteiger partial charge in [0.2, 0.25) is 0 Å². The third kappa shape index (κ3) is 4.18. The molecule has 0 atom stereocenters. The maximum absolute atomic E-state index is 12.2. The maximum Gasteiger partial charge on any atom is 0.179 e. The monoisotopic (exact) mass is 303 g/mol. The zero-order valence-corrected chi connectivity index (χ0v) is 12.2. The number of sulfone groups is 1. The van der Waals surface area contributed by atoms with Crippen LogP contribution in [0.1, 0.15) is 12.8 Å². The molecule has 0 heterocycles. The van der Waals surface area contributed by atoms with E-state index >= 15 is 0 Å². The molecule has 1 fully saturated rings. The Morgan fingerprint density at radius 1 is 1.21 bits per heavy atom. The predicted octanol–water partition coefficient (Wildman–Crippen LogP) is 1.57. The fourth-order valence-corrected chi connectivity index (χ4v) is 3.43. The second kappa shape index (κ2) is 6.22. The Kier molecular flexibility index (Phi) is 4.84. The number of hydrogen-bond acceptors (Lipinski definition) is 4. The average molecular weight is 304 g/mol. The molecule has 1 aromatic rings. The minimum atomic E-state index is -3.28. The summed E-state index contributed by atoms with van der Waals surface area (Å²) in [7, 11) is -3.28. The summed E-state index contributed by atoms with van der Waals surface area (Å²) in [6.07, 6.45) is 2.20. The Bertz CT molecular complexity index is 511. The quantitative estimate of drug-likeness (QED) is 0.831. The zero-order valence-electron chi connectivity index (χ0n) is 10.6. The van der Waals surface area contributed by atoms with Crippen molar-refractivity contribution < 1.29 is 13.5 Å². The Morgan fingerprint density at radius 3 is 2.37 bits per heavy atom. The van der Waals surface area contributed by atoms with Gasteiger partial charge in [-0.2, -0.15) is 0 Å². The molecule has 0 radical (unpaired) electrons. The van der Waals surface area contributed by atoms with E-state index in [9.17, 15) is 8.42 Å². The molecule has 4 nitrogen and oxygen atoms in total. The van der Waals surface area contributed by atoms with Gasteiger partial charge < -0.3 is 5.11 Å². The molecule has 6 heteroatoms. The van der Waals surface area contributed by atoms with E-state index in [-0.39, 0.29) is 12.4 Å². The van der Waals surface area contributed by atoms with Gasteiger partial charge in [0, 0.05) is 24.2 Å². The van der Waals surface area contributed by atoms with Crippen LogP contribution < -0.4 is 0 Å². The highest BCUT2D eigenvalue weighted by Gasteiger charge is 2.29. The molecule has 0 bridgehead atoms. The van der Waals surface area contributed by atoms with Crippen LogP contribution in [0.5, 0.6) is 0 Å². The van der Waals surface area contributed by atoms with Gasteiger partial charge in [0.15, 0.2) is 9.84 Å². The van der Waals surface area contributed by atoms with Crippen molar-refractivity contribution in [3.05, 3.63) is 29.3 Å². The summed E-state index contributed by atoms with van der Waals surface area (Å²) < 4.78 is 24.3. The lowest BCUT2D eigenvalue weighted by atomic mass is 10.4. The van der Waals surface area contributed by atoms with Crippen molar-refractivity contribution in [1.29, 1.82) is 0 Å². The first kappa shape index (κ1) is 14.8. The van der Waals surface area contributed by atoms with Crippen LogP contribution in [0.15, 0.2) is 29.2 Å². The number of halogens is 1. The van der Waals surface area contributed by atoms with Crippen molar-refractivity contribution >= 4 is 21.4 Å². The molecular weight excluding hydrogens is 286 g/mol. The molecule has 0 saturated heterocycles. The summed E-state index contributed by atoms with van der Waals surface area (Å²) in [5.41, 5.74) is 0. The molecule has 0 spiro atoms. The van der Waals surface area contributed by atoms with Gasteiger partial charge in [-0.05, 0) is 37.1 Å². The third-order valence-electron chi connectivity index (χ3n) is 3.27. The highest BCUT2D eigenvalue weighted by Crippen LogP contribution is 2.26. The Labute approximate surface area is 118 Å². The topological polar surface area (TPSA) is 57.6 Å². The Morgan fingerprint density at radius 2 is 1.84 bits per heavy atom. The lowest BCUT2D eigenvalue weighted by molar-refractivity contribution is 0.196. The first-order valence-corrected chi connectivity index (χ1v) is 8.39. The molecule has 1 aromatic carbocycles. The highest BCUT2D eigenvalue weighted by molar-refractivity contribution is 7.91. The molecular formula is C13H18ClNO3S. The lowest BCUT2D eigenvalue weighted by Crippen LogP contribution is -2.33. The predicted molar refractivity (Wildman–Crippen MR) is 75.2 cm³/mol. The van der Waals surface area contributed by atoms with Crippen LogP contribution in [0, 0.1) is 0 Å². The van der Waals surface area contributed by atoms with Crippen molar-refractivity contribution in [3.8, 4) is 0 Å². The lowest BCUT2D eigenvalue weighted by Gasteiger charge is -2.20. The molecule has 2 rings (SSSR count). The first-order valence-electron chi connectivity index (χ1n) is 6.36. The van der Waals surface area contributed by atoms with Crippen molar-refractivity contribution in [2.45, 2.75) is 23.8 Å². The van der Waals surface area contributed by atoms with Crippen LogP contribution in [0.4, 0.5) is 0 Å². The number of aliphatic hydroxyl groups excluding tert-OH is 1. The largest absolute Gasteiger partial charge is 0.395 e. The highest BCUT2D eigenvalue weighted by atomic mass is 35.5. The minimum absolute atomic E-state index is 0.0670. The van der Waals surface area contributed by atoms with Gasteiger partial charge >= 0.3 is 0 Å². The average Bonchev–Trinajstić information content (AvgIpc) is 3.19. The van der Waals surface area contributed by atoms with Crippen molar-refractivity contribution in [1.82, 2.24) is 4.90 Å². The number of benzene rings is 1.